The molecule has 3 rings (SSSR count). The summed E-state index contributed by atoms with van der Waals surface area (Å²) in [5, 5.41) is 9.26. The van der Waals surface area contributed by atoms with Crippen molar-refractivity contribution in [2.75, 3.05) is 6.54 Å². The maximum absolute atomic E-state index is 13.3. The van der Waals surface area contributed by atoms with Crippen LogP contribution in [0.2, 0.25) is 0 Å². The number of hydrogen-bond acceptors (Lipinski definition) is 2. The smallest absolute Gasteiger partial charge is 0.433 e. The van der Waals surface area contributed by atoms with Crippen molar-refractivity contribution in [2.45, 2.75) is 44.1 Å². The van der Waals surface area contributed by atoms with Gasteiger partial charge in [0.15, 0.2) is 0 Å². The molecule has 0 saturated carbocycles. The molecule has 2 heterocycles. The highest BCUT2D eigenvalue weighted by atomic mass is 19.4. The zero-order chi connectivity index (χ0) is 20.7. The number of alkyl halides is 6. The summed E-state index contributed by atoms with van der Waals surface area (Å²) in [4.78, 5) is 15.8. The van der Waals surface area contributed by atoms with Gasteiger partial charge in [-0.15, -0.1) is 0 Å². The first-order valence-electron chi connectivity index (χ1n) is 8.55. The Morgan fingerprint density at radius 2 is 1.86 bits per heavy atom. The predicted octanol–water partition coefficient (Wildman–Crippen LogP) is 5.35. The van der Waals surface area contributed by atoms with Gasteiger partial charge in [0, 0.05) is 18.0 Å². The second-order valence-corrected chi connectivity index (χ2v) is 6.69. The minimum Gasteiger partial charge on any atom is -0.465 e. The molecule has 1 atom stereocenters. The zero-order valence-corrected chi connectivity index (χ0v) is 14.4. The third kappa shape index (κ3) is 4.00. The second-order valence-electron chi connectivity index (χ2n) is 6.69. The van der Waals surface area contributed by atoms with Crippen molar-refractivity contribution in [1.82, 2.24) is 9.88 Å². The SMILES string of the molecule is O=C(O)N1CCCCC1Cc1cc(C(F)(F)F)nc2c(C(F)(F)F)cccc12. The Morgan fingerprint density at radius 3 is 2.46 bits per heavy atom. The summed E-state index contributed by atoms with van der Waals surface area (Å²) in [6.07, 6.45) is -9.36. The number of para-hydroxylation sites is 1. The number of hydrogen-bond donors (Lipinski definition) is 1. The summed E-state index contributed by atoms with van der Waals surface area (Å²) in [6, 6.07) is 3.19. The van der Waals surface area contributed by atoms with Crippen LogP contribution < -0.4 is 0 Å². The van der Waals surface area contributed by atoms with Gasteiger partial charge in [-0.1, -0.05) is 12.1 Å². The summed E-state index contributed by atoms with van der Waals surface area (Å²) in [6.45, 7) is 0.239. The summed E-state index contributed by atoms with van der Waals surface area (Å²) < 4.78 is 79.7. The lowest BCUT2D eigenvalue weighted by molar-refractivity contribution is -0.142. The third-order valence-corrected chi connectivity index (χ3v) is 4.85. The Bertz CT molecular complexity index is 894. The molecule has 28 heavy (non-hydrogen) atoms. The molecule has 1 fully saturated rings. The number of carbonyl (C=O) groups is 1. The molecule has 1 saturated heterocycles. The molecular formula is C18H16F6N2O2. The molecule has 1 aromatic carbocycles. The summed E-state index contributed by atoms with van der Waals surface area (Å²) in [7, 11) is 0. The number of fused-ring (bicyclic) bond motifs is 1. The Morgan fingerprint density at radius 1 is 1.14 bits per heavy atom. The monoisotopic (exact) mass is 406 g/mol. The first kappa shape index (κ1) is 20.2. The van der Waals surface area contributed by atoms with Crippen LogP contribution in [-0.2, 0) is 18.8 Å². The molecule has 1 N–H and O–H groups in total. The van der Waals surface area contributed by atoms with E-state index in [0.29, 0.717) is 25.3 Å². The number of nitrogens with zero attached hydrogens (tertiary/aromatic N) is 2. The lowest BCUT2D eigenvalue weighted by Crippen LogP contribution is -2.44. The van der Waals surface area contributed by atoms with Crippen molar-refractivity contribution in [3.05, 3.63) is 41.1 Å². The summed E-state index contributed by atoms with van der Waals surface area (Å²) >= 11 is 0. The van der Waals surface area contributed by atoms with Crippen LogP contribution in [0.4, 0.5) is 31.1 Å². The van der Waals surface area contributed by atoms with Crippen LogP contribution in [0.1, 0.15) is 36.1 Å². The van der Waals surface area contributed by atoms with E-state index in [1.165, 1.54) is 6.07 Å². The van der Waals surface area contributed by atoms with Crippen LogP contribution in [0.25, 0.3) is 10.9 Å². The molecule has 0 spiro atoms. The quantitative estimate of drug-likeness (QED) is 0.685. The minimum atomic E-state index is -4.93. The average Bonchev–Trinajstić information content (AvgIpc) is 2.59. The number of carboxylic acid groups (broad SMARTS) is 1. The number of aromatic nitrogens is 1. The van der Waals surface area contributed by atoms with Crippen molar-refractivity contribution in [1.29, 1.82) is 0 Å². The lowest BCUT2D eigenvalue weighted by atomic mass is 9.93. The molecular weight excluding hydrogens is 390 g/mol. The second kappa shape index (κ2) is 7.14. The maximum Gasteiger partial charge on any atom is 0.433 e. The Balaban J connectivity index is 2.16. The van der Waals surface area contributed by atoms with Crippen LogP contribution in [0.15, 0.2) is 24.3 Å². The molecule has 4 nitrogen and oxygen atoms in total. The van der Waals surface area contributed by atoms with Crippen molar-refractivity contribution >= 4 is 17.0 Å². The fraction of sp³-hybridized carbons (Fsp3) is 0.444. The average molecular weight is 406 g/mol. The van der Waals surface area contributed by atoms with Gasteiger partial charge in [-0.25, -0.2) is 9.78 Å². The van der Waals surface area contributed by atoms with Crippen molar-refractivity contribution < 1.29 is 36.2 Å². The van der Waals surface area contributed by atoms with E-state index in [2.05, 4.69) is 4.98 Å². The van der Waals surface area contributed by atoms with Gasteiger partial charge in [-0.3, -0.25) is 0 Å². The molecule has 0 aliphatic carbocycles. The Hall–Kier alpha value is -2.52. The number of benzene rings is 1. The molecule has 152 valence electrons. The standard InChI is InChI=1S/C18H16F6N2O2/c19-17(20,21)13-6-3-5-12-10(9-14(18(22,23)24)25-15(12)13)8-11-4-1-2-7-26(11)16(27)28/h3,5-6,9,11H,1-2,4,7-8H2,(H,27,28). The highest BCUT2D eigenvalue weighted by molar-refractivity contribution is 5.86. The fourth-order valence-electron chi connectivity index (χ4n) is 3.58. The Labute approximate surface area is 155 Å². The largest absolute Gasteiger partial charge is 0.465 e. The van der Waals surface area contributed by atoms with Gasteiger partial charge in [0.25, 0.3) is 0 Å². The van der Waals surface area contributed by atoms with Crippen molar-refractivity contribution in [2.24, 2.45) is 0 Å². The van der Waals surface area contributed by atoms with Gasteiger partial charge >= 0.3 is 18.4 Å². The van der Waals surface area contributed by atoms with E-state index < -0.39 is 41.3 Å². The normalized spacial score (nSPS) is 18.5. The van der Waals surface area contributed by atoms with Gasteiger partial charge in [-0.05, 0) is 43.4 Å². The van der Waals surface area contributed by atoms with E-state index in [-0.39, 0.29) is 23.9 Å². The summed E-state index contributed by atoms with van der Waals surface area (Å²) in [5.41, 5.74) is -3.46. The van der Waals surface area contributed by atoms with Crippen molar-refractivity contribution in [3.63, 3.8) is 0 Å². The zero-order valence-electron chi connectivity index (χ0n) is 14.4. The fourth-order valence-corrected chi connectivity index (χ4v) is 3.58. The summed E-state index contributed by atoms with van der Waals surface area (Å²) in [5.74, 6) is 0. The van der Waals surface area contributed by atoms with E-state index in [1.54, 1.807) is 0 Å². The van der Waals surface area contributed by atoms with Gasteiger partial charge in [0.1, 0.15) is 5.69 Å². The van der Waals surface area contributed by atoms with E-state index in [9.17, 15) is 36.2 Å². The van der Waals surface area contributed by atoms with E-state index in [1.807, 2.05) is 0 Å². The number of pyridine rings is 1. The van der Waals surface area contributed by atoms with E-state index in [0.717, 1.165) is 17.0 Å². The van der Waals surface area contributed by atoms with Gasteiger partial charge in [0.05, 0.1) is 11.1 Å². The molecule has 1 amide bonds. The number of likely N-dealkylation sites (tertiary alicyclic amines) is 1. The molecule has 10 heteroatoms. The highest BCUT2D eigenvalue weighted by Crippen LogP contribution is 2.38. The van der Waals surface area contributed by atoms with Gasteiger partial charge < -0.3 is 10.0 Å². The number of halogens is 6. The van der Waals surface area contributed by atoms with E-state index >= 15 is 0 Å². The maximum atomic E-state index is 13.3. The van der Waals surface area contributed by atoms with Crippen LogP contribution in [0.5, 0.6) is 0 Å². The van der Waals surface area contributed by atoms with Crippen LogP contribution in [-0.4, -0.2) is 33.7 Å². The molecule has 1 unspecified atom stereocenters. The lowest BCUT2D eigenvalue weighted by Gasteiger charge is -2.34. The Kier molecular flexibility index (Phi) is 5.16. The first-order valence-corrected chi connectivity index (χ1v) is 8.55. The molecule has 1 aliphatic rings. The first-order chi connectivity index (χ1) is 13.0. The molecule has 1 aliphatic heterocycles. The van der Waals surface area contributed by atoms with Crippen LogP contribution >= 0.6 is 0 Å². The van der Waals surface area contributed by atoms with E-state index in [4.69, 9.17) is 0 Å². The predicted molar refractivity (Wildman–Crippen MR) is 87.8 cm³/mol. The number of amides is 1. The van der Waals surface area contributed by atoms with Crippen molar-refractivity contribution in [3.8, 4) is 0 Å². The highest BCUT2D eigenvalue weighted by Gasteiger charge is 2.38. The van der Waals surface area contributed by atoms with Crippen LogP contribution in [0, 0.1) is 0 Å². The molecule has 0 radical (unpaired) electrons. The minimum absolute atomic E-state index is 0.00146. The number of rotatable bonds is 2. The third-order valence-electron chi connectivity index (χ3n) is 4.85. The molecule has 2 aromatic rings. The van der Waals surface area contributed by atoms with Gasteiger partial charge in [-0.2, -0.15) is 26.3 Å². The van der Waals surface area contributed by atoms with Gasteiger partial charge in [0.2, 0.25) is 0 Å². The van der Waals surface area contributed by atoms with Crippen LogP contribution in [0.3, 0.4) is 0 Å². The topological polar surface area (TPSA) is 53.4 Å². The number of piperidine rings is 1. The molecule has 1 aromatic heterocycles. The molecule has 0 bridgehead atoms.